The number of ether oxygens (including phenoxy) is 3. The zero-order valence-electron chi connectivity index (χ0n) is 21.3. The molecule has 8 heteroatoms. The molecule has 8 nitrogen and oxygen atoms in total. The molecule has 3 heterocycles. The first-order valence-corrected chi connectivity index (χ1v) is 12.8. The summed E-state index contributed by atoms with van der Waals surface area (Å²) in [4.78, 5) is 15.8. The van der Waals surface area contributed by atoms with E-state index in [1.54, 1.807) is 12.5 Å². The minimum Gasteiger partial charge on any atom is -0.492 e. The lowest BCUT2D eigenvalue weighted by Gasteiger charge is -2.26. The Morgan fingerprint density at radius 3 is 2.71 bits per heavy atom. The minimum atomic E-state index is 0.620. The van der Waals surface area contributed by atoms with E-state index in [0.29, 0.717) is 6.61 Å². The molecular formula is C30H29N5O3. The number of rotatable bonds is 8. The van der Waals surface area contributed by atoms with Gasteiger partial charge in [0.1, 0.15) is 35.8 Å². The first kappa shape index (κ1) is 24.1. The smallest absolute Gasteiger partial charge is 0.153 e. The highest BCUT2D eigenvalue weighted by molar-refractivity contribution is 5.91. The van der Waals surface area contributed by atoms with Crippen LogP contribution in [0.4, 0.5) is 11.5 Å². The van der Waals surface area contributed by atoms with E-state index < -0.39 is 0 Å². The molecule has 1 aliphatic heterocycles. The van der Waals surface area contributed by atoms with Crippen molar-refractivity contribution in [2.45, 2.75) is 6.92 Å². The van der Waals surface area contributed by atoms with Crippen molar-refractivity contribution in [3.63, 3.8) is 0 Å². The molecule has 0 atom stereocenters. The summed E-state index contributed by atoms with van der Waals surface area (Å²) in [6, 6.07) is 21.8. The van der Waals surface area contributed by atoms with Gasteiger partial charge in [-0.05, 0) is 61.0 Å². The molecule has 0 amide bonds. The van der Waals surface area contributed by atoms with Crippen molar-refractivity contribution in [1.82, 2.24) is 19.9 Å². The van der Waals surface area contributed by atoms with Gasteiger partial charge in [0.2, 0.25) is 0 Å². The van der Waals surface area contributed by atoms with Crippen molar-refractivity contribution >= 4 is 33.3 Å². The van der Waals surface area contributed by atoms with Crippen LogP contribution in [-0.2, 0) is 4.74 Å². The van der Waals surface area contributed by atoms with Crippen LogP contribution in [0, 0.1) is 6.92 Å². The fraction of sp³-hybridized carbons (Fsp3) is 0.233. The number of morpholine rings is 1. The van der Waals surface area contributed by atoms with Crippen molar-refractivity contribution in [3.05, 3.63) is 84.8 Å². The van der Waals surface area contributed by atoms with Crippen LogP contribution in [0.1, 0.15) is 5.56 Å². The van der Waals surface area contributed by atoms with Gasteiger partial charge in [-0.1, -0.05) is 18.2 Å². The Hall–Kier alpha value is -4.27. The van der Waals surface area contributed by atoms with Crippen molar-refractivity contribution in [1.29, 1.82) is 0 Å². The molecule has 2 aromatic heterocycles. The van der Waals surface area contributed by atoms with Crippen LogP contribution in [0.25, 0.3) is 21.8 Å². The van der Waals surface area contributed by atoms with Crippen LogP contribution < -0.4 is 14.8 Å². The third-order valence-electron chi connectivity index (χ3n) is 6.64. The normalized spacial score (nSPS) is 14.0. The topological polar surface area (TPSA) is 81.6 Å². The lowest BCUT2D eigenvalue weighted by atomic mass is 10.1. The number of benzene rings is 3. The van der Waals surface area contributed by atoms with E-state index in [9.17, 15) is 0 Å². The third-order valence-corrected chi connectivity index (χ3v) is 6.64. The van der Waals surface area contributed by atoms with Gasteiger partial charge in [-0.2, -0.15) is 0 Å². The molecular weight excluding hydrogens is 478 g/mol. The van der Waals surface area contributed by atoms with Gasteiger partial charge in [-0.3, -0.25) is 9.88 Å². The largest absolute Gasteiger partial charge is 0.492 e. The van der Waals surface area contributed by atoms with E-state index in [4.69, 9.17) is 14.2 Å². The van der Waals surface area contributed by atoms with E-state index in [2.05, 4.69) is 25.2 Å². The van der Waals surface area contributed by atoms with Crippen LogP contribution in [0.5, 0.6) is 17.2 Å². The third kappa shape index (κ3) is 5.37. The molecule has 6 rings (SSSR count). The lowest BCUT2D eigenvalue weighted by molar-refractivity contribution is 0.0322. The number of hydrogen-bond donors (Lipinski definition) is 1. The van der Waals surface area contributed by atoms with Crippen molar-refractivity contribution in [3.8, 4) is 17.2 Å². The maximum Gasteiger partial charge on any atom is 0.153 e. The van der Waals surface area contributed by atoms with Crippen molar-refractivity contribution in [2.75, 3.05) is 44.8 Å². The second kappa shape index (κ2) is 11.0. The van der Waals surface area contributed by atoms with Crippen molar-refractivity contribution < 1.29 is 14.2 Å². The number of fused-ring (bicyclic) bond motifs is 2. The second-order valence-electron chi connectivity index (χ2n) is 9.24. The molecule has 5 aromatic rings. The lowest BCUT2D eigenvalue weighted by Crippen LogP contribution is -2.38. The van der Waals surface area contributed by atoms with Crippen LogP contribution in [0.15, 0.2) is 79.3 Å². The fourth-order valence-corrected chi connectivity index (χ4v) is 4.60. The van der Waals surface area contributed by atoms with Gasteiger partial charge in [0.15, 0.2) is 5.75 Å². The average Bonchev–Trinajstić information content (AvgIpc) is 2.95. The van der Waals surface area contributed by atoms with Gasteiger partial charge < -0.3 is 19.5 Å². The van der Waals surface area contributed by atoms with Gasteiger partial charge in [0, 0.05) is 42.3 Å². The number of nitrogens with one attached hydrogen (secondary N) is 1. The van der Waals surface area contributed by atoms with E-state index in [-0.39, 0.29) is 0 Å². The highest BCUT2D eigenvalue weighted by Gasteiger charge is 2.12. The number of nitrogens with zero attached hydrogens (tertiary/aromatic N) is 4. The Balaban J connectivity index is 1.18. The molecule has 3 aromatic carbocycles. The highest BCUT2D eigenvalue weighted by Crippen LogP contribution is 2.33. The maximum absolute atomic E-state index is 6.25. The molecule has 1 N–H and O–H groups in total. The van der Waals surface area contributed by atoms with Crippen LogP contribution in [-0.4, -0.2) is 59.3 Å². The number of pyridine rings is 1. The van der Waals surface area contributed by atoms with E-state index >= 15 is 0 Å². The van der Waals surface area contributed by atoms with Crippen molar-refractivity contribution in [2.24, 2.45) is 0 Å². The van der Waals surface area contributed by atoms with Gasteiger partial charge >= 0.3 is 0 Å². The second-order valence-corrected chi connectivity index (χ2v) is 9.24. The zero-order chi connectivity index (χ0) is 25.7. The first-order chi connectivity index (χ1) is 18.7. The quantitative estimate of drug-likeness (QED) is 0.285. The summed E-state index contributed by atoms with van der Waals surface area (Å²) in [5.41, 5.74) is 3.59. The standard InChI is InChI=1S/C30H29N5O3/c1-21-18-23(7-10-27(21)38-28-6-2-4-22-5-3-11-31-29(22)28)34-30-25-19-24(8-9-26(25)32-20-33-30)37-17-14-35-12-15-36-16-13-35/h2-11,18-20H,12-17H2,1H3,(H,32,33,34). The number of hydrogen-bond acceptors (Lipinski definition) is 8. The Kier molecular flexibility index (Phi) is 6.97. The summed E-state index contributed by atoms with van der Waals surface area (Å²) in [6.07, 6.45) is 3.35. The summed E-state index contributed by atoms with van der Waals surface area (Å²) in [7, 11) is 0. The maximum atomic E-state index is 6.25. The van der Waals surface area contributed by atoms with Crippen LogP contribution in [0.2, 0.25) is 0 Å². The monoisotopic (exact) mass is 507 g/mol. The molecule has 0 saturated carbocycles. The molecule has 192 valence electrons. The highest BCUT2D eigenvalue weighted by atomic mass is 16.5. The van der Waals surface area contributed by atoms with Gasteiger partial charge in [0.05, 0.1) is 18.7 Å². The van der Waals surface area contributed by atoms with E-state index in [0.717, 1.165) is 89.0 Å². The Morgan fingerprint density at radius 1 is 0.921 bits per heavy atom. The number of anilines is 2. The summed E-state index contributed by atoms with van der Waals surface area (Å²) in [6.45, 7) is 6.99. The zero-order valence-corrected chi connectivity index (χ0v) is 21.3. The first-order valence-electron chi connectivity index (χ1n) is 12.8. The Labute approximate surface area is 221 Å². The Morgan fingerprint density at radius 2 is 1.82 bits per heavy atom. The number of aromatic nitrogens is 3. The fourth-order valence-electron chi connectivity index (χ4n) is 4.60. The number of para-hydroxylation sites is 1. The van der Waals surface area contributed by atoms with Gasteiger partial charge in [-0.15, -0.1) is 0 Å². The summed E-state index contributed by atoms with van der Waals surface area (Å²) >= 11 is 0. The molecule has 0 spiro atoms. The molecule has 1 aliphatic rings. The molecule has 1 saturated heterocycles. The SMILES string of the molecule is Cc1cc(Nc2ncnc3ccc(OCCN4CCOCC4)cc23)ccc1Oc1cccc2cccnc12. The van der Waals surface area contributed by atoms with Gasteiger partial charge in [0.25, 0.3) is 0 Å². The predicted octanol–water partition coefficient (Wildman–Crippen LogP) is 5.73. The molecule has 0 radical (unpaired) electrons. The summed E-state index contributed by atoms with van der Waals surface area (Å²) in [5.74, 6) is 3.03. The number of aryl methyl sites for hydroxylation is 1. The molecule has 38 heavy (non-hydrogen) atoms. The minimum absolute atomic E-state index is 0.620. The summed E-state index contributed by atoms with van der Waals surface area (Å²) in [5, 5.41) is 5.39. The Bertz CT molecular complexity index is 1560. The predicted molar refractivity (Wildman–Crippen MR) is 149 cm³/mol. The van der Waals surface area contributed by atoms with Gasteiger partial charge in [-0.25, -0.2) is 9.97 Å². The molecule has 0 aliphatic carbocycles. The molecule has 0 unspecified atom stereocenters. The molecule has 1 fully saturated rings. The van der Waals surface area contributed by atoms with E-state index in [1.807, 2.05) is 73.7 Å². The van der Waals surface area contributed by atoms with Crippen LogP contribution in [0.3, 0.4) is 0 Å². The summed E-state index contributed by atoms with van der Waals surface area (Å²) < 4.78 is 17.7. The van der Waals surface area contributed by atoms with Crippen LogP contribution >= 0.6 is 0 Å². The average molecular weight is 508 g/mol. The molecule has 0 bridgehead atoms. The van der Waals surface area contributed by atoms with E-state index in [1.165, 1.54) is 0 Å².